The topological polar surface area (TPSA) is 94.0 Å². The summed E-state index contributed by atoms with van der Waals surface area (Å²) in [7, 11) is 1.19. The highest BCUT2D eigenvalue weighted by atomic mass is 35.5. The van der Waals surface area contributed by atoms with Crippen LogP contribution < -0.4 is 10.6 Å². The molecule has 0 radical (unpaired) electrons. The van der Waals surface area contributed by atoms with Gasteiger partial charge in [0, 0.05) is 47.1 Å². The van der Waals surface area contributed by atoms with Gasteiger partial charge in [-0.15, -0.1) is 0 Å². The highest BCUT2D eigenvalue weighted by molar-refractivity contribution is 6.31. The SMILES string of the molecule is [2H]C([2H])(Nc1nccc(-c2cn(C(C)C)nc2-c2cc(Cl)cc(C)c2F)n1)[C@H](C)NC(=O)OC. The van der Waals surface area contributed by atoms with Gasteiger partial charge in [-0.05, 0) is 51.5 Å². The Labute approximate surface area is 194 Å². The fraction of sp³-hybridized carbons (Fsp3) is 0.364. The zero-order valence-electron chi connectivity index (χ0n) is 20.4. The number of amides is 1. The minimum Gasteiger partial charge on any atom is -0.453 e. The highest BCUT2D eigenvalue weighted by Crippen LogP contribution is 2.35. The first kappa shape index (κ1) is 20.7. The average molecular weight is 463 g/mol. The minimum absolute atomic E-state index is 0.00495. The van der Waals surface area contributed by atoms with Crippen molar-refractivity contribution in [2.45, 2.75) is 39.8 Å². The molecule has 0 fully saturated rings. The maximum Gasteiger partial charge on any atom is 0.407 e. The van der Waals surface area contributed by atoms with E-state index in [0.29, 0.717) is 27.5 Å². The fourth-order valence-corrected chi connectivity index (χ4v) is 3.23. The average Bonchev–Trinajstić information content (AvgIpc) is 3.21. The first-order valence-electron chi connectivity index (χ1n) is 10.9. The van der Waals surface area contributed by atoms with Crippen LogP contribution in [0.15, 0.2) is 30.6 Å². The standard InChI is InChI=1S/C22H26ClFN6O2/c1-12(2)30-11-17(20(29-30)16-9-15(23)8-13(3)19(16)24)18-6-7-25-21(28-18)26-10-14(4)27-22(31)32-5/h6-9,11-12,14H,10H2,1-5H3,(H,27,31)(H,25,26,28)/t14-/m0/s1/i10D2. The molecule has 1 atom stereocenters. The lowest BCUT2D eigenvalue weighted by molar-refractivity contribution is 0.168. The Morgan fingerprint density at radius 3 is 2.78 bits per heavy atom. The van der Waals surface area contributed by atoms with E-state index in [2.05, 4.69) is 30.4 Å². The molecule has 32 heavy (non-hydrogen) atoms. The van der Waals surface area contributed by atoms with Crippen molar-refractivity contribution in [3.05, 3.63) is 47.0 Å². The largest absolute Gasteiger partial charge is 0.453 e. The normalized spacial score (nSPS) is 13.4. The second-order valence-corrected chi connectivity index (χ2v) is 7.88. The number of aryl methyl sites for hydroxylation is 1. The summed E-state index contributed by atoms with van der Waals surface area (Å²) in [6.45, 7) is 4.88. The lowest BCUT2D eigenvalue weighted by atomic mass is 10.0. The summed E-state index contributed by atoms with van der Waals surface area (Å²) in [6.07, 6.45) is 2.44. The van der Waals surface area contributed by atoms with Gasteiger partial charge >= 0.3 is 6.09 Å². The molecule has 0 saturated carbocycles. The second kappa shape index (κ2) is 9.95. The van der Waals surface area contributed by atoms with Crippen LogP contribution in [0.2, 0.25) is 5.02 Å². The van der Waals surface area contributed by atoms with E-state index in [1.807, 2.05) is 13.8 Å². The summed E-state index contributed by atoms with van der Waals surface area (Å²) in [4.78, 5) is 20.0. The molecule has 10 heteroatoms. The van der Waals surface area contributed by atoms with Crippen LogP contribution in [0.4, 0.5) is 15.1 Å². The Kier molecular flexibility index (Phi) is 6.43. The number of ether oxygens (including phenoxy) is 1. The Bertz CT molecular complexity index is 1200. The van der Waals surface area contributed by atoms with Crippen molar-refractivity contribution in [3.8, 4) is 22.5 Å². The molecule has 2 heterocycles. The molecule has 0 spiro atoms. The molecule has 3 aromatic rings. The van der Waals surface area contributed by atoms with E-state index in [9.17, 15) is 4.79 Å². The summed E-state index contributed by atoms with van der Waals surface area (Å²) in [5.41, 5.74) is 1.91. The Morgan fingerprint density at radius 2 is 2.09 bits per heavy atom. The molecule has 170 valence electrons. The van der Waals surface area contributed by atoms with Crippen LogP contribution in [0.25, 0.3) is 22.5 Å². The summed E-state index contributed by atoms with van der Waals surface area (Å²) in [5.74, 6) is -0.460. The number of hydrogen-bond donors (Lipinski definition) is 2. The van der Waals surface area contributed by atoms with Crippen LogP contribution in [0.3, 0.4) is 0 Å². The van der Waals surface area contributed by atoms with Crippen molar-refractivity contribution in [2.24, 2.45) is 0 Å². The molecular weight excluding hydrogens is 435 g/mol. The van der Waals surface area contributed by atoms with Crippen molar-refractivity contribution in [3.63, 3.8) is 0 Å². The van der Waals surface area contributed by atoms with E-state index < -0.39 is 24.4 Å². The number of alkyl carbamates (subject to hydrolysis) is 1. The molecule has 0 aliphatic heterocycles. The smallest absolute Gasteiger partial charge is 0.407 e. The van der Waals surface area contributed by atoms with Crippen LogP contribution in [0.5, 0.6) is 0 Å². The maximum absolute atomic E-state index is 15.1. The van der Waals surface area contributed by atoms with Crippen molar-refractivity contribution in [2.75, 3.05) is 18.9 Å². The van der Waals surface area contributed by atoms with E-state index in [1.165, 1.54) is 32.4 Å². The fourth-order valence-electron chi connectivity index (χ4n) is 2.95. The predicted molar refractivity (Wildman–Crippen MR) is 122 cm³/mol. The summed E-state index contributed by atoms with van der Waals surface area (Å²) < 4.78 is 37.8. The summed E-state index contributed by atoms with van der Waals surface area (Å²) in [5, 5.41) is 9.93. The molecule has 0 unspecified atom stereocenters. The lowest BCUT2D eigenvalue weighted by Gasteiger charge is -2.14. The first-order chi connectivity index (χ1) is 15.9. The monoisotopic (exact) mass is 462 g/mol. The molecule has 0 bridgehead atoms. The van der Waals surface area contributed by atoms with Gasteiger partial charge in [0.25, 0.3) is 0 Å². The number of carbonyl (C=O) groups excluding carboxylic acids is 1. The molecule has 0 saturated heterocycles. The predicted octanol–water partition coefficient (Wildman–Crippen LogP) is 4.85. The van der Waals surface area contributed by atoms with Crippen LogP contribution >= 0.6 is 11.6 Å². The molecule has 2 aromatic heterocycles. The van der Waals surface area contributed by atoms with E-state index in [-0.39, 0.29) is 17.6 Å². The third kappa shape index (κ3) is 5.34. The van der Waals surface area contributed by atoms with Gasteiger partial charge in [-0.2, -0.15) is 5.10 Å². The number of carbonyl (C=O) groups is 1. The number of halogens is 2. The highest BCUT2D eigenvalue weighted by Gasteiger charge is 2.20. The van der Waals surface area contributed by atoms with Crippen molar-refractivity contribution >= 4 is 23.6 Å². The third-order valence-electron chi connectivity index (χ3n) is 4.59. The number of nitrogens with zero attached hydrogens (tertiary/aromatic N) is 4. The molecule has 0 aliphatic carbocycles. The van der Waals surface area contributed by atoms with Gasteiger partial charge in [0.15, 0.2) is 0 Å². The molecule has 1 amide bonds. The van der Waals surface area contributed by atoms with Crippen LogP contribution in [-0.4, -0.2) is 45.5 Å². The molecule has 2 N–H and O–H groups in total. The maximum atomic E-state index is 15.1. The summed E-state index contributed by atoms with van der Waals surface area (Å²) >= 11 is 6.20. The first-order valence-corrected chi connectivity index (χ1v) is 10.3. The number of anilines is 1. The van der Waals surface area contributed by atoms with Crippen molar-refractivity contribution in [1.29, 1.82) is 0 Å². The van der Waals surface area contributed by atoms with Gasteiger partial charge in [0.05, 0.1) is 15.5 Å². The zero-order chi connectivity index (χ0) is 25.2. The number of benzene rings is 1. The van der Waals surface area contributed by atoms with Gasteiger partial charge in [0.2, 0.25) is 5.95 Å². The molecule has 3 rings (SSSR count). The van der Waals surface area contributed by atoms with Crippen LogP contribution in [0.1, 0.15) is 35.1 Å². The summed E-state index contributed by atoms with van der Waals surface area (Å²) in [6, 6.07) is 3.71. The van der Waals surface area contributed by atoms with Gasteiger partial charge in [-0.1, -0.05) is 11.6 Å². The van der Waals surface area contributed by atoms with E-state index in [4.69, 9.17) is 14.3 Å². The van der Waals surface area contributed by atoms with E-state index >= 15 is 4.39 Å². The van der Waals surface area contributed by atoms with Crippen LogP contribution in [0, 0.1) is 12.7 Å². The minimum atomic E-state index is -2.10. The number of aromatic nitrogens is 4. The lowest BCUT2D eigenvalue weighted by Crippen LogP contribution is -2.37. The number of nitrogens with one attached hydrogen (secondary N) is 2. The Balaban J connectivity index is 2.03. The van der Waals surface area contributed by atoms with Crippen molar-refractivity contribution < 1.29 is 16.7 Å². The van der Waals surface area contributed by atoms with Gasteiger partial charge in [-0.25, -0.2) is 19.2 Å². The molecule has 0 aliphatic rings. The van der Waals surface area contributed by atoms with E-state index in [1.54, 1.807) is 23.9 Å². The van der Waals surface area contributed by atoms with E-state index in [0.717, 1.165) is 0 Å². The van der Waals surface area contributed by atoms with Crippen molar-refractivity contribution in [1.82, 2.24) is 25.1 Å². The number of hydrogen-bond acceptors (Lipinski definition) is 6. The molecular formula is C22H26ClFN6O2. The Hall–Kier alpha value is -3.20. The molecule has 8 nitrogen and oxygen atoms in total. The Morgan fingerprint density at radius 1 is 1.34 bits per heavy atom. The van der Waals surface area contributed by atoms with Gasteiger partial charge in [0.1, 0.15) is 11.5 Å². The van der Waals surface area contributed by atoms with Gasteiger partial charge in [-0.3, -0.25) is 4.68 Å². The quantitative estimate of drug-likeness (QED) is 0.521. The number of rotatable bonds is 7. The molecule has 1 aromatic carbocycles. The third-order valence-corrected chi connectivity index (χ3v) is 4.81. The number of methoxy groups -OCH3 is 1. The van der Waals surface area contributed by atoms with Crippen LogP contribution in [-0.2, 0) is 4.74 Å². The second-order valence-electron chi connectivity index (χ2n) is 7.44. The zero-order valence-corrected chi connectivity index (χ0v) is 19.2. The van der Waals surface area contributed by atoms with Gasteiger partial charge < -0.3 is 15.4 Å².